The Bertz CT molecular complexity index is 1470. The van der Waals surface area contributed by atoms with E-state index in [1.807, 2.05) is 11.0 Å². The van der Waals surface area contributed by atoms with E-state index in [1.54, 1.807) is 60.3 Å². The number of benzene rings is 2. The number of fused-ring (bicyclic) bond motifs is 1. The van der Waals surface area contributed by atoms with Gasteiger partial charge in [0.1, 0.15) is 23.7 Å². The number of ether oxygens (including phenoxy) is 2. The molecular weight excluding hydrogens is 465 g/mol. The summed E-state index contributed by atoms with van der Waals surface area (Å²) in [5.41, 5.74) is 0.178. The molecule has 9 heteroatoms. The van der Waals surface area contributed by atoms with Gasteiger partial charge in [-0.05, 0) is 55.3 Å². The average molecular weight is 490 g/mol. The fourth-order valence-electron chi connectivity index (χ4n) is 4.60. The second-order valence-corrected chi connectivity index (χ2v) is 8.53. The smallest absolute Gasteiger partial charge is 0.341 e. The predicted molar refractivity (Wildman–Crippen MR) is 133 cm³/mol. The zero-order valence-electron chi connectivity index (χ0n) is 19.6. The molecule has 4 aromatic rings. The van der Waals surface area contributed by atoms with Crippen LogP contribution in [0.15, 0.2) is 71.8 Å². The third-order valence-corrected chi connectivity index (χ3v) is 6.40. The molecule has 8 nitrogen and oxygen atoms in total. The molecular formula is C27H24FN3O5. The molecule has 1 aliphatic heterocycles. The largest absolute Gasteiger partial charge is 0.497 e. The van der Waals surface area contributed by atoms with Gasteiger partial charge in [0, 0.05) is 36.1 Å². The molecule has 2 aromatic heterocycles. The number of methoxy groups -OCH3 is 1. The molecule has 0 aliphatic carbocycles. The summed E-state index contributed by atoms with van der Waals surface area (Å²) in [4.78, 5) is 30.8. The van der Waals surface area contributed by atoms with Crippen LogP contribution >= 0.6 is 0 Å². The van der Waals surface area contributed by atoms with Crippen LogP contribution in [0.1, 0.15) is 23.2 Å². The minimum absolute atomic E-state index is 0.00699. The van der Waals surface area contributed by atoms with E-state index in [9.17, 15) is 14.7 Å². The van der Waals surface area contributed by atoms with Crippen LogP contribution in [-0.4, -0.2) is 46.9 Å². The Kier molecular flexibility index (Phi) is 6.28. The van der Waals surface area contributed by atoms with Gasteiger partial charge in [-0.2, -0.15) is 0 Å². The Morgan fingerprint density at radius 1 is 1.19 bits per heavy atom. The number of aromatic nitrogens is 2. The van der Waals surface area contributed by atoms with Gasteiger partial charge in [0.15, 0.2) is 0 Å². The van der Waals surface area contributed by atoms with Crippen LogP contribution in [0.3, 0.4) is 0 Å². The number of carboxylic acids is 1. The van der Waals surface area contributed by atoms with E-state index in [-0.39, 0.29) is 11.4 Å². The lowest BCUT2D eigenvalue weighted by Crippen LogP contribution is -2.35. The van der Waals surface area contributed by atoms with Crippen LogP contribution in [0, 0.1) is 5.82 Å². The van der Waals surface area contributed by atoms with Crippen molar-refractivity contribution < 1.29 is 23.8 Å². The molecule has 0 radical (unpaired) electrons. The minimum atomic E-state index is -1.38. The monoisotopic (exact) mass is 489 g/mol. The summed E-state index contributed by atoms with van der Waals surface area (Å²) in [6.07, 6.45) is 4.60. The van der Waals surface area contributed by atoms with E-state index in [4.69, 9.17) is 9.47 Å². The minimum Gasteiger partial charge on any atom is -0.497 e. The molecule has 184 valence electrons. The zero-order valence-corrected chi connectivity index (χ0v) is 19.6. The topological polar surface area (TPSA) is 93.9 Å². The molecule has 1 fully saturated rings. The Hall–Kier alpha value is -4.40. The average Bonchev–Trinajstić information content (AvgIpc) is 3.36. The lowest BCUT2D eigenvalue weighted by molar-refractivity contribution is 0.0695. The van der Waals surface area contributed by atoms with E-state index in [0.29, 0.717) is 41.7 Å². The first-order chi connectivity index (χ1) is 17.5. The van der Waals surface area contributed by atoms with E-state index < -0.39 is 22.8 Å². The van der Waals surface area contributed by atoms with Gasteiger partial charge in [0.05, 0.1) is 24.4 Å². The van der Waals surface area contributed by atoms with E-state index in [0.717, 1.165) is 18.9 Å². The van der Waals surface area contributed by atoms with Gasteiger partial charge in [0.2, 0.25) is 11.3 Å². The molecule has 2 aromatic carbocycles. The Morgan fingerprint density at radius 3 is 2.69 bits per heavy atom. The number of halogens is 1. The lowest BCUT2D eigenvalue weighted by atomic mass is 10.1. The number of carbonyl (C=O) groups is 1. The summed E-state index contributed by atoms with van der Waals surface area (Å²) in [6.45, 7) is 0.955. The van der Waals surface area contributed by atoms with Crippen molar-refractivity contribution in [2.45, 2.75) is 18.9 Å². The number of carboxylic acid groups (broad SMARTS) is 1. The summed E-state index contributed by atoms with van der Waals surface area (Å²) in [6, 6.07) is 15.0. The summed E-state index contributed by atoms with van der Waals surface area (Å²) < 4.78 is 28.1. The highest BCUT2D eigenvalue weighted by molar-refractivity contribution is 5.94. The fourth-order valence-corrected chi connectivity index (χ4v) is 4.60. The number of aromatic carboxylic acids is 1. The van der Waals surface area contributed by atoms with E-state index in [2.05, 4.69) is 4.98 Å². The van der Waals surface area contributed by atoms with Gasteiger partial charge in [-0.15, -0.1) is 0 Å². The van der Waals surface area contributed by atoms with E-state index >= 15 is 4.39 Å². The van der Waals surface area contributed by atoms with Crippen molar-refractivity contribution in [3.05, 3.63) is 88.6 Å². The van der Waals surface area contributed by atoms with Gasteiger partial charge < -0.3 is 24.0 Å². The second kappa shape index (κ2) is 9.69. The van der Waals surface area contributed by atoms with Crippen LogP contribution in [-0.2, 0) is 0 Å². The summed E-state index contributed by atoms with van der Waals surface area (Å²) in [5.74, 6) is -0.840. The highest BCUT2D eigenvalue weighted by Crippen LogP contribution is 2.32. The highest BCUT2D eigenvalue weighted by Gasteiger charge is 2.29. The molecule has 0 spiro atoms. The quantitative estimate of drug-likeness (QED) is 0.414. The van der Waals surface area contributed by atoms with E-state index in [1.165, 1.54) is 6.20 Å². The van der Waals surface area contributed by atoms with Crippen molar-refractivity contribution >= 4 is 22.6 Å². The van der Waals surface area contributed by atoms with Crippen molar-refractivity contribution in [2.24, 2.45) is 0 Å². The van der Waals surface area contributed by atoms with Crippen LogP contribution < -0.4 is 19.8 Å². The number of pyridine rings is 2. The van der Waals surface area contributed by atoms with Crippen molar-refractivity contribution in [2.75, 3.05) is 25.2 Å². The predicted octanol–water partition coefficient (Wildman–Crippen LogP) is 4.28. The van der Waals surface area contributed by atoms with Crippen molar-refractivity contribution in [1.82, 2.24) is 9.55 Å². The lowest BCUT2D eigenvalue weighted by Gasteiger charge is -2.27. The first-order valence-electron chi connectivity index (χ1n) is 11.5. The normalized spacial score (nSPS) is 15.3. The molecule has 0 saturated carbocycles. The van der Waals surface area contributed by atoms with Crippen LogP contribution in [0.5, 0.6) is 11.6 Å². The van der Waals surface area contributed by atoms with Crippen LogP contribution in [0.25, 0.3) is 16.6 Å². The van der Waals surface area contributed by atoms with Crippen LogP contribution in [0.4, 0.5) is 10.1 Å². The van der Waals surface area contributed by atoms with Crippen molar-refractivity contribution in [1.29, 1.82) is 0 Å². The zero-order chi connectivity index (χ0) is 25.2. The van der Waals surface area contributed by atoms with Gasteiger partial charge >= 0.3 is 5.97 Å². The van der Waals surface area contributed by atoms with Crippen molar-refractivity contribution in [3.8, 4) is 17.3 Å². The molecule has 0 amide bonds. The molecule has 36 heavy (non-hydrogen) atoms. The first-order valence-corrected chi connectivity index (χ1v) is 11.5. The fraction of sp³-hybridized carbons (Fsp3) is 0.222. The summed E-state index contributed by atoms with van der Waals surface area (Å²) >= 11 is 0. The third kappa shape index (κ3) is 4.35. The number of hydrogen-bond donors (Lipinski definition) is 1. The molecule has 1 unspecified atom stereocenters. The van der Waals surface area contributed by atoms with Gasteiger partial charge in [-0.25, -0.2) is 14.2 Å². The number of nitrogens with zero attached hydrogens (tertiary/aromatic N) is 3. The molecule has 5 rings (SSSR count). The SMILES string of the molecule is COc1ccc(-n2cc(C(=O)O)c(=O)c3cc(F)c(N4CCCC4COc4ccccn4)cc32)cc1. The van der Waals surface area contributed by atoms with Gasteiger partial charge in [-0.1, -0.05) is 6.07 Å². The molecule has 3 heterocycles. The van der Waals surface area contributed by atoms with Crippen molar-refractivity contribution in [3.63, 3.8) is 0 Å². The Morgan fingerprint density at radius 2 is 2.00 bits per heavy atom. The maximum Gasteiger partial charge on any atom is 0.341 e. The molecule has 1 N–H and O–H groups in total. The standard InChI is InChI=1S/C27H24FN3O5/c1-35-19-9-7-17(8-10-19)31-15-21(27(33)34)26(32)20-13-22(28)24(14-23(20)31)30-12-4-5-18(30)16-36-25-6-2-3-11-29-25/h2-3,6-11,13-15,18H,4-5,12,16H2,1H3,(H,33,34). The highest BCUT2D eigenvalue weighted by atomic mass is 19.1. The number of anilines is 1. The maximum atomic E-state index is 15.4. The number of hydrogen-bond acceptors (Lipinski definition) is 6. The second-order valence-electron chi connectivity index (χ2n) is 8.53. The number of rotatable bonds is 7. The molecule has 1 atom stereocenters. The summed E-state index contributed by atoms with van der Waals surface area (Å²) in [5, 5.41) is 9.60. The van der Waals surface area contributed by atoms with Crippen LogP contribution in [0.2, 0.25) is 0 Å². The Balaban J connectivity index is 1.60. The van der Waals surface area contributed by atoms with Gasteiger partial charge in [-0.3, -0.25) is 4.79 Å². The molecule has 0 bridgehead atoms. The molecule has 1 saturated heterocycles. The van der Waals surface area contributed by atoms with Gasteiger partial charge in [0.25, 0.3) is 0 Å². The molecule has 1 aliphatic rings. The third-order valence-electron chi connectivity index (χ3n) is 6.40. The maximum absolute atomic E-state index is 15.4. The Labute approximate surface area is 206 Å². The first kappa shape index (κ1) is 23.3. The summed E-state index contributed by atoms with van der Waals surface area (Å²) in [7, 11) is 1.55.